The third-order valence-electron chi connectivity index (χ3n) is 9.59. The van der Waals surface area contributed by atoms with E-state index in [0.717, 1.165) is 78.9 Å². The van der Waals surface area contributed by atoms with Crippen LogP contribution >= 0.6 is 15.9 Å². The van der Waals surface area contributed by atoms with E-state index in [1.54, 1.807) is 12.1 Å². The van der Waals surface area contributed by atoms with Gasteiger partial charge in [-0.3, -0.25) is 29.0 Å². The van der Waals surface area contributed by atoms with Crippen LogP contribution in [0.4, 0.5) is 0 Å². The van der Waals surface area contributed by atoms with E-state index in [-0.39, 0.29) is 33.9 Å². The van der Waals surface area contributed by atoms with E-state index in [9.17, 15) is 24.3 Å². The Morgan fingerprint density at radius 1 is 0.640 bits per heavy atom. The average molecular weight is 735 g/mol. The molecule has 0 unspecified atom stereocenters. The molecule has 0 atom stereocenters. The van der Waals surface area contributed by atoms with Crippen molar-refractivity contribution < 1.29 is 24.3 Å². The number of aromatic amines is 2. The van der Waals surface area contributed by atoms with Crippen molar-refractivity contribution in [3.05, 3.63) is 111 Å². The Labute approximate surface area is 297 Å². The van der Waals surface area contributed by atoms with Crippen LogP contribution in [0.3, 0.4) is 0 Å². The van der Waals surface area contributed by atoms with Crippen molar-refractivity contribution in [2.45, 2.75) is 38.5 Å². The fourth-order valence-corrected chi connectivity index (χ4v) is 7.61. The van der Waals surface area contributed by atoms with Crippen LogP contribution in [0, 0.1) is 0 Å². The number of phenols is 1. The zero-order chi connectivity index (χ0) is 35.1. The molecule has 0 aliphatic carbocycles. The molecule has 2 aromatic heterocycles. The van der Waals surface area contributed by atoms with Crippen molar-refractivity contribution in [1.29, 1.82) is 0 Å². The molecule has 7 rings (SSSR count). The number of likely N-dealkylation sites (N-methyl/N-ethyl adjacent to an activating group) is 2. The van der Waals surface area contributed by atoms with Crippen LogP contribution < -0.4 is 5.32 Å². The van der Waals surface area contributed by atoms with Crippen LogP contribution in [0.25, 0.3) is 33.0 Å². The van der Waals surface area contributed by atoms with E-state index >= 15 is 0 Å². The number of fused-ring (bicyclic) bond motifs is 2. The number of nitrogens with zero attached hydrogens (tertiary/aromatic N) is 2. The molecule has 4 heterocycles. The van der Waals surface area contributed by atoms with Gasteiger partial charge < -0.3 is 20.4 Å². The number of carbonyl (C=O) groups is 4. The summed E-state index contributed by atoms with van der Waals surface area (Å²) in [4.78, 5) is 62.0. The van der Waals surface area contributed by atoms with Crippen molar-refractivity contribution in [3.8, 4) is 5.75 Å². The molecule has 0 spiro atoms. The molecule has 50 heavy (non-hydrogen) atoms. The van der Waals surface area contributed by atoms with Gasteiger partial charge in [0.05, 0.1) is 15.6 Å². The number of nitrogens with one attached hydrogen (secondary N) is 3. The van der Waals surface area contributed by atoms with Crippen molar-refractivity contribution in [2.75, 3.05) is 20.6 Å². The van der Waals surface area contributed by atoms with Gasteiger partial charge in [0.1, 0.15) is 11.4 Å². The second-order valence-corrected chi connectivity index (χ2v) is 13.5. The lowest BCUT2D eigenvalue weighted by atomic mass is 9.97. The van der Waals surface area contributed by atoms with Crippen molar-refractivity contribution in [2.24, 2.45) is 0 Å². The zero-order valence-corrected chi connectivity index (χ0v) is 29.3. The molecule has 11 heteroatoms. The van der Waals surface area contributed by atoms with Gasteiger partial charge in [-0.1, -0.05) is 55.0 Å². The Kier molecular flexibility index (Phi) is 8.92. The van der Waals surface area contributed by atoms with Crippen LogP contribution in [0.1, 0.15) is 47.3 Å². The summed E-state index contributed by atoms with van der Waals surface area (Å²) in [5.74, 6) is -1.19. The highest BCUT2D eigenvalue weighted by Gasteiger charge is 2.39. The Hall–Kier alpha value is -5.42. The lowest BCUT2D eigenvalue weighted by Crippen LogP contribution is -2.30. The number of aryl methyl sites for hydroxylation is 2. The smallest absolute Gasteiger partial charge is 0.277 e. The summed E-state index contributed by atoms with van der Waals surface area (Å²) in [7, 11) is 3.00. The standard InChI is InChI=1S/C39H36BrN5O5/c1-44-36(47)32(34(40)38(44)49)30-24-10-6-8-12-26(24)42-28(30)14-4-3-5-15-29-31(25-11-7-9-13-27(25)43-29)33-35(39(50)45(2)37(33)48)41-21-20-22-16-18-23(46)19-17-22/h6-13,16-19,41-43,46H,3-5,14-15,20-21H2,1-2H3. The molecule has 3 aromatic carbocycles. The van der Waals surface area contributed by atoms with Crippen molar-refractivity contribution in [3.63, 3.8) is 0 Å². The Bertz CT molecular complexity index is 2260. The molecule has 0 bridgehead atoms. The number of carbonyl (C=O) groups excluding carboxylic acids is 4. The summed E-state index contributed by atoms with van der Waals surface area (Å²) < 4.78 is 0.274. The Morgan fingerprint density at radius 3 is 1.72 bits per heavy atom. The molecule has 5 aromatic rings. The summed E-state index contributed by atoms with van der Waals surface area (Å²) in [5.41, 5.74) is 7.16. The number of unbranched alkanes of at least 4 members (excludes halogenated alkanes) is 2. The highest BCUT2D eigenvalue weighted by molar-refractivity contribution is 9.12. The van der Waals surface area contributed by atoms with Gasteiger partial charge in [0.2, 0.25) is 0 Å². The van der Waals surface area contributed by atoms with Gasteiger partial charge in [-0.15, -0.1) is 0 Å². The number of hydrogen-bond donors (Lipinski definition) is 4. The second-order valence-electron chi connectivity index (χ2n) is 12.7. The van der Waals surface area contributed by atoms with E-state index < -0.39 is 0 Å². The van der Waals surface area contributed by atoms with Crippen molar-refractivity contribution in [1.82, 2.24) is 25.1 Å². The molecule has 2 aliphatic rings. The number of rotatable bonds is 12. The lowest BCUT2D eigenvalue weighted by Gasteiger charge is -2.10. The van der Waals surface area contributed by atoms with Crippen LogP contribution in [-0.4, -0.2) is 69.1 Å². The predicted octanol–water partition coefficient (Wildman–Crippen LogP) is 5.96. The minimum atomic E-state index is -0.364. The summed E-state index contributed by atoms with van der Waals surface area (Å²) in [5, 5.41) is 14.7. The molecule has 2 aliphatic heterocycles. The van der Waals surface area contributed by atoms with Gasteiger partial charge in [0.15, 0.2) is 0 Å². The van der Waals surface area contributed by atoms with Gasteiger partial charge >= 0.3 is 0 Å². The SMILES string of the molecule is CN1C(=O)C(Br)=C(c2c(CCCCCc3[nH]c4ccccc4c3C3=C(NCCc4ccc(O)cc4)C(=O)N(C)C3=O)[nH]c3ccccc23)C1=O. The van der Waals surface area contributed by atoms with Gasteiger partial charge in [0, 0.05) is 65.0 Å². The number of hydrogen-bond acceptors (Lipinski definition) is 6. The van der Waals surface area contributed by atoms with Gasteiger partial charge in [-0.2, -0.15) is 0 Å². The van der Waals surface area contributed by atoms with Crippen LogP contribution in [-0.2, 0) is 38.4 Å². The molecular weight excluding hydrogens is 698 g/mol. The molecular formula is C39H36BrN5O5. The zero-order valence-electron chi connectivity index (χ0n) is 27.7. The fraction of sp³-hybridized carbons (Fsp3) is 0.231. The molecule has 0 saturated carbocycles. The molecule has 0 fully saturated rings. The third kappa shape index (κ3) is 5.81. The van der Waals surface area contributed by atoms with Crippen LogP contribution in [0.2, 0.25) is 0 Å². The normalized spacial score (nSPS) is 15.3. The minimum Gasteiger partial charge on any atom is -0.508 e. The lowest BCUT2D eigenvalue weighted by molar-refractivity contribution is -0.136. The first-order valence-electron chi connectivity index (χ1n) is 16.7. The minimum absolute atomic E-state index is 0.191. The molecule has 4 amide bonds. The predicted molar refractivity (Wildman–Crippen MR) is 196 cm³/mol. The largest absolute Gasteiger partial charge is 0.508 e. The molecule has 4 N–H and O–H groups in total. The number of benzene rings is 3. The van der Waals surface area contributed by atoms with Gasteiger partial charge in [-0.05, 0) is 77.9 Å². The van der Waals surface area contributed by atoms with Crippen LogP contribution in [0.15, 0.2) is 83.0 Å². The van der Waals surface area contributed by atoms with Gasteiger partial charge in [-0.25, -0.2) is 0 Å². The number of para-hydroxylation sites is 2. The monoisotopic (exact) mass is 733 g/mol. The number of imide groups is 2. The molecule has 0 radical (unpaired) electrons. The topological polar surface area (TPSA) is 139 Å². The van der Waals surface area contributed by atoms with E-state index in [1.807, 2.05) is 60.7 Å². The fourth-order valence-electron chi connectivity index (χ4n) is 6.98. The molecule has 254 valence electrons. The van der Waals surface area contributed by atoms with E-state index in [1.165, 1.54) is 14.1 Å². The summed E-state index contributed by atoms with van der Waals surface area (Å²) in [6, 6.07) is 22.5. The second kappa shape index (κ2) is 13.5. The Balaban J connectivity index is 1.11. The highest BCUT2D eigenvalue weighted by atomic mass is 79.9. The number of aromatic hydroxyl groups is 1. The van der Waals surface area contributed by atoms with Crippen molar-refractivity contribution >= 4 is 72.5 Å². The summed E-state index contributed by atoms with van der Waals surface area (Å²) in [6.45, 7) is 0.438. The maximum absolute atomic E-state index is 13.6. The number of H-pyrrole nitrogens is 2. The van der Waals surface area contributed by atoms with E-state index in [4.69, 9.17) is 0 Å². The third-order valence-corrected chi connectivity index (χ3v) is 10.3. The summed E-state index contributed by atoms with van der Waals surface area (Å²) >= 11 is 3.39. The van der Waals surface area contributed by atoms with Gasteiger partial charge in [0.25, 0.3) is 23.6 Å². The number of halogens is 1. The molecule has 10 nitrogen and oxygen atoms in total. The first-order chi connectivity index (χ1) is 24.2. The quantitative estimate of drug-likeness (QED) is 0.0923. The van der Waals surface area contributed by atoms with E-state index in [0.29, 0.717) is 42.7 Å². The first kappa shape index (κ1) is 33.1. The molecule has 0 saturated heterocycles. The number of phenolic OH excluding ortho intramolecular Hbond substituents is 1. The Morgan fingerprint density at radius 2 is 1.16 bits per heavy atom. The average Bonchev–Trinajstić information content (AvgIpc) is 3.78. The van der Waals surface area contributed by atoms with Crippen LogP contribution in [0.5, 0.6) is 5.75 Å². The summed E-state index contributed by atoms with van der Waals surface area (Å²) in [6.07, 6.45) is 4.45. The number of amides is 4. The highest BCUT2D eigenvalue weighted by Crippen LogP contribution is 2.39. The first-order valence-corrected chi connectivity index (χ1v) is 17.5. The maximum Gasteiger partial charge on any atom is 0.277 e. The maximum atomic E-state index is 13.6. The van der Waals surface area contributed by atoms with E-state index in [2.05, 4.69) is 31.2 Å². The number of aromatic nitrogens is 2.